The minimum absolute atomic E-state index is 0.00304. The lowest BCUT2D eigenvalue weighted by Gasteiger charge is -2.22. The van der Waals surface area contributed by atoms with Crippen molar-refractivity contribution in [2.24, 2.45) is 0 Å². The predicted molar refractivity (Wildman–Crippen MR) is 98.5 cm³/mol. The van der Waals surface area contributed by atoms with Crippen molar-refractivity contribution in [3.05, 3.63) is 59.4 Å². The highest BCUT2D eigenvalue weighted by Crippen LogP contribution is 2.34. The molecular formula is C19H21FN2O4S. The standard InChI is InChI=1S/C19H21FN2O4S/c1-21-19(23)14-5-3-13(4-6-14)12-22(15-7-8-15)27(24,25)16-9-10-18(26-2)17(20)11-16/h3-6,9-11,15H,7-8,12H2,1-2H3,(H,21,23). The minimum atomic E-state index is -3.86. The van der Waals surface area contributed by atoms with E-state index in [2.05, 4.69) is 5.32 Å². The van der Waals surface area contributed by atoms with Crippen LogP contribution in [0.1, 0.15) is 28.8 Å². The third-order valence-corrected chi connectivity index (χ3v) is 6.36. The van der Waals surface area contributed by atoms with Crippen LogP contribution in [0.4, 0.5) is 4.39 Å². The van der Waals surface area contributed by atoms with Crippen LogP contribution in [0.15, 0.2) is 47.4 Å². The van der Waals surface area contributed by atoms with E-state index in [4.69, 9.17) is 4.74 Å². The molecule has 1 saturated carbocycles. The van der Waals surface area contributed by atoms with E-state index in [1.54, 1.807) is 31.3 Å². The maximum Gasteiger partial charge on any atom is 0.251 e. The van der Waals surface area contributed by atoms with Crippen LogP contribution in [0.2, 0.25) is 0 Å². The molecule has 0 radical (unpaired) electrons. The Labute approximate surface area is 158 Å². The number of benzene rings is 2. The Kier molecular flexibility index (Phi) is 5.48. The fraction of sp³-hybridized carbons (Fsp3) is 0.316. The molecule has 0 aliphatic heterocycles. The lowest BCUT2D eigenvalue weighted by atomic mass is 10.1. The number of carbonyl (C=O) groups excluding carboxylic acids is 1. The SMILES string of the molecule is CNC(=O)c1ccc(CN(C2CC2)S(=O)(=O)c2ccc(OC)c(F)c2)cc1. The van der Waals surface area contributed by atoms with Gasteiger partial charge in [-0.2, -0.15) is 4.31 Å². The van der Waals surface area contributed by atoms with Crippen molar-refractivity contribution < 1.29 is 22.3 Å². The summed E-state index contributed by atoms with van der Waals surface area (Å²) in [7, 11) is -0.984. The number of sulfonamides is 1. The summed E-state index contributed by atoms with van der Waals surface area (Å²) < 4.78 is 46.3. The average molecular weight is 392 g/mol. The molecular weight excluding hydrogens is 371 g/mol. The van der Waals surface area contributed by atoms with E-state index in [0.29, 0.717) is 5.56 Å². The molecule has 1 fully saturated rings. The van der Waals surface area contributed by atoms with Crippen LogP contribution in [0.5, 0.6) is 5.75 Å². The molecule has 1 amide bonds. The molecule has 0 atom stereocenters. The zero-order valence-corrected chi connectivity index (χ0v) is 15.9. The quantitative estimate of drug-likeness (QED) is 0.786. The molecule has 0 unspecified atom stereocenters. The summed E-state index contributed by atoms with van der Waals surface area (Å²) in [6, 6.07) is 10.3. The number of ether oxygens (including phenoxy) is 1. The number of halogens is 1. The van der Waals surface area contributed by atoms with Gasteiger partial charge in [-0.05, 0) is 48.7 Å². The molecule has 8 heteroatoms. The molecule has 6 nitrogen and oxygen atoms in total. The number of nitrogens with zero attached hydrogens (tertiary/aromatic N) is 1. The average Bonchev–Trinajstić information content (AvgIpc) is 3.50. The highest BCUT2D eigenvalue weighted by atomic mass is 32.2. The lowest BCUT2D eigenvalue weighted by molar-refractivity contribution is 0.0963. The van der Waals surface area contributed by atoms with Crippen LogP contribution in [-0.2, 0) is 16.6 Å². The molecule has 2 aromatic carbocycles. The fourth-order valence-electron chi connectivity index (χ4n) is 2.80. The van der Waals surface area contributed by atoms with E-state index < -0.39 is 15.8 Å². The number of methoxy groups -OCH3 is 1. The molecule has 0 bridgehead atoms. The highest BCUT2D eigenvalue weighted by molar-refractivity contribution is 7.89. The van der Waals surface area contributed by atoms with Gasteiger partial charge in [0.2, 0.25) is 10.0 Å². The highest BCUT2D eigenvalue weighted by Gasteiger charge is 2.38. The molecule has 27 heavy (non-hydrogen) atoms. The van der Waals surface area contributed by atoms with Crippen molar-refractivity contribution in [3.63, 3.8) is 0 Å². The monoisotopic (exact) mass is 392 g/mol. The Bertz CT molecular complexity index is 941. The summed E-state index contributed by atoms with van der Waals surface area (Å²) in [6.07, 6.45) is 1.54. The molecule has 0 heterocycles. The third kappa shape index (κ3) is 4.12. The van der Waals surface area contributed by atoms with E-state index >= 15 is 0 Å². The van der Waals surface area contributed by atoms with Crippen molar-refractivity contribution in [2.75, 3.05) is 14.2 Å². The normalized spacial score (nSPS) is 14.2. The number of amides is 1. The van der Waals surface area contributed by atoms with E-state index in [0.717, 1.165) is 24.5 Å². The molecule has 3 rings (SSSR count). The van der Waals surface area contributed by atoms with Gasteiger partial charge in [0.1, 0.15) is 0 Å². The molecule has 144 valence electrons. The number of carbonyl (C=O) groups is 1. The first-order chi connectivity index (χ1) is 12.9. The van der Waals surface area contributed by atoms with E-state index in [9.17, 15) is 17.6 Å². The maximum atomic E-state index is 14.0. The van der Waals surface area contributed by atoms with Gasteiger partial charge in [-0.25, -0.2) is 12.8 Å². The molecule has 1 N–H and O–H groups in total. The van der Waals surface area contributed by atoms with Crippen LogP contribution in [0.25, 0.3) is 0 Å². The van der Waals surface area contributed by atoms with Gasteiger partial charge in [-0.15, -0.1) is 0 Å². The topological polar surface area (TPSA) is 75.7 Å². The van der Waals surface area contributed by atoms with E-state index in [-0.39, 0.29) is 29.1 Å². The smallest absolute Gasteiger partial charge is 0.251 e. The van der Waals surface area contributed by atoms with Crippen LogP contribution >= 0.6 is 0 Å². The summed E-state index contributed by atoms with van der Waals surface area (Å²) in [5.74, 6) is -0.928. The van der Waals surface area contributed by atoms with Crippen LogP contribution in [0.3, 0.4) is 0 Å². The third-order valence-electron chi connectivity index (χ3n) is 4.47. The molecule has 2 aromatic rings. The van der Waals surface area contributed by atoms with Gasteiger partial charge in [0.05, 0.1) is 12.0 Å². The molecule has 0 saturated heterocycles. The summed E-state index contributed by atoms with van der Waals surface area (Å²) in [6.45, 7) is 0.161. The molecule has 0 spiro atoms. The van der Waals surface area contributed by atoms with Crippen molar-refractivity contribution in [2.45, 2.75) is 30.3 Å². The van der Waals surface area contributed by atoms with Gasteiger partial charge in [-0.3, -0.25) is 4.79 Å². The summed E-state index contributed by atoms with van der Waals surface area (Å²) in [5.41, 5.74) is 1.26. The Morgan fingerprint density at radius 1 is 1.22 bits per heavy atom. The minimum Gasteiger partial charge on any atom is -0.494 e. The number of rotatable bonds is 7. The first-order valence-corrected chi connectivity index (χ1v) is 9.97. The molecule has 1 aliphatic carbocycles. The van der Waals surface area contributed by atoms with Crippen LogP contribution < -0.4 is 10.1 Å². The van der Waals surface area contributed by atoms with Gasteiger partial charge >= 0.3 is 0 Å². The molecule has 1 aliphatic rings. The van der Waals surface area contributed by atoms with Crippen molar-refractivity contribution in [3.8, 4) is 5.75 Å². The Hall–Kier alpha value is -2.45. The Morgan fingerprint density at radius 2 is 1.89 bits per heavy atom. The zero-order valence-electron chi connectivity index (χ0n) is 15.1. The summed E-state index contributed by atoms with van der Waals surface area (Å²) in [5, 5.41) is 2.54. The van der Waals surface area contributed by atoms with E-state index in [1.807, 2.05) is 0 Å². The zero-order chi connectivity index (χ0) is 19.6. The van der Waals surface area contributed by atoms with Gasteiger partial charge in [0.15, 0.2) is 11.6 Å². The van der Waals surface area contributed by atoms with Crippen molar-refractivity contribution in [1.82, 2.24) is 9.62 Å². The number of hydrogen-bond donors (Lipinski definition) is 1. The van der Waals surface area contributed by atoms with Crippen LogP contribution in [0, 0.1) is 5.82 Å². The first-order valence-electron chi connectivity index (χ1n) is 8.53. The van der Waals surface area contributed by atoms with Gasteiger partial charge in [0, 0.05) is 25.2 Å². The lowest BCUT2D eigenvalue weighted by Crippen LogP contribution is -2.32. The summed E-state index contributed by atoms with van der Waals surface area (Å²) in [4.78, 5) is 11.5. The molecule has 0 aromatic heterocycles. The second-order valence-electron chi connectivity index (χ2n) is 6.35. The summed E-state index contributed by atoms with van der Waals surface area (Å²) >= 11 is 0. The van der Waals surface area contributed by atoms with E-state index in [1.165, 1.54) is 23.5 Å². The van der Waals surface area contributed by atoms with Gasteiger partial charge in [-0.1, -0.05) is 12.1 Å². The Balaban J connectivity index is 1.87. The number of nitrogens with one attached hydrogen (secondary N) is 1. The van der Waals surface area contributed by atoms with Gasteiger partial charge in [0.25, 0.3) is 5.91 Å². The van der Waals surface area contributed by atoms with Crippen LogP contribution in [-0.4, -0.2) is 38.8 Å². The number of hydrogen-bond acceptors (Lipinski definition) is 4. The second-order valence-corrected chi connectivity index (χ2v) is 8.24. The largest absolute Gasteiger partial charge is 0.494 e. The fourth-order valence-corrected chi connectivity index (χ4v) is 4.49. The second kappa shape index (κ2) is 7.66. The van der Waals surface area contributed by atoms with Gasteiger partial charge < -0.3 is 10.1 Å². The first kappa shape index (κ1) is 19.3. The predicted octanol–water partition coefficient (Wildman–Crippen LogP) is 2.55. The Morgan fingerprint density at radius 3 is 2.41 bits per heavy atom. The van der Waals surface area contributed by atoms with Crippen molar-refractivity contribution >= 4 is 15.9 Å². The maximum absolute atomic E-state index is 14.0. The van der Waals surface area contributed by atoms with Crippen molar-refractivity contribution in [1.29, 1.82) is 0 Å².